The van der Waals surface area contributed by atoms with Crippen molar-refractivity contribution in [2.24, 2.45) is 0 Å². The average Bonchev–Trinajstić information content (AvgIpc) is 2.75. The predicted octanol–water partition coefficient (Wildman–Crippen LogP) is 5.81. The fourth-order valence-corrected chi connectivity index (χ4v) is 3.05. The van der Waals surface area contributed by atoms with Crippen LogP contribution in [0.2, 0.25) is 5.02 Å². The number of hydrogen-bond donors (Lipinski definition) is 1. The summed E-state index contributed by atoms with van der Waals surface area (Å²) in [6.07, 6.45) is 0. The van der Waals surface area contributed by atoms with E-state index < -0.39 is 0 Å². The third-order valence-electron chi connectivity index (χ3n) is 4.48. The van der Waals surface area contributed by atoms with E-state index in [1.54, 1.807) is 30.3 Å². The molecule has 3 aromatic carbocycles. The summed E-state index contributed by atoms with van der Waals surface area (Å²) >= 11 is 5.92. The Morgan fingerprint density at radius 3 is 2.41 bits per heavy atom. The van der Waals surface area contributed by atoms with Crippen LogP contribution in [0, 0.1) is 0 Å². The summed E-state index contributed by atoms with van der Waals surface area (Å²) < 4.78 is 11.5. The first-order valence-electron chi connectivity index (χ1n) is 9.56. The molecule has 3 rings (SSSR count). The minimum Gasteiger partial charge on any atom is -0.493 e. The SMILES string of the molecule is CCOc1ccc(C(=O)N[C@H](C)c2ccccc2)cc1COc1ccc(Cl)cc1. The summed E-state index contributed by atoms with van der Waals surface area (Å²) in [7, 11) is 0. The molecule has 0 saturated carbocycles. The molecule has 1 amide bonds. The van der Waals surface area contributed by atoms with Crippen LogP contribution in [-0.2, 0) is 6.61 Å². The summed E-state index contributed by atoms with van der Waals surface area (Å²) in [5.74, 6) is 1.26. The van der Waals surface area contributed by atoms with Gasteiger partial charge in [-0.1, -0.05) is 41.9 Å². The zero-order chi connectivity index (χ0) is 20.6. The Labute approximate surface area is 176 Å². The van der Waals surface area contributed by atoms with Crippen LogP contribution in [-0.4, -0.2) is 12.5 Å². The summed E-state index contributed by atoms with van der Waals surface area (Å²) in [6.45, 7) is 4.70. The van der Waals surface area contributed by atoms with Crippen LogP contribution in [0.25, 0.3) is 0 Å². The summed E-state index contributed by atoms with van der Waals surface area (Å²) in [5.41, 5.74) is 2.42. The number of halogens is 1. The van der Waals surface area contributed by atoms with Crippen molar-refractivity contribution in [3.05, 3.63) is 94.5 Å². The second kappa shape index (κ2) is 9.99. The number of rotatable bonds is 8. The molecule has 0 spiro atoms. The van der Waals surface area contributed by atoms with Crippen molar-refractivity contribution in [3.63, 3.8) is 0 Å². The van der Waals surface area contributed by atoms with Gasteiger partial charge in [0, 0.05) is 16.1 Å². The van der Waals surface area contributed by atoms with E-state index in [0.717, 1.165) is 11.1 Å². The molecule has 1 N–H and O–H groups in total. The molecule has 1 atom stereocenters. The number of benzene rings is 3. The molecule has 0 bridgehead atoms. The Balaban J connectivity index is 1.74. The average molecular weight is 410 g/mol. The van der Waals surface area contributed by atoms with Crippen LogP contribution < -0.4 is 14.8 Å². The smallest absolute Gasteiger partial charge is 0.251 e. The molecule has 0 aliphatic carbocycles. The highest BCUT2D eigenvalue weighted by atomic mass is 35.5. The number of carbonyl (C=O) groups excluding carboxylic acids is 1. The lowest BCUT2D eigenvalue weighted by molar-refractivity contribution is 0.0939. The first kappa shape index (κ1) is 20.7. The van der Waals surface area contributed by atoms with Crippen LogP contribution in [0.4, 0.5) is 0 Å². The van der Waals surface area contributed by atoms with Gasteiger partial charge in [-0.25, -0.2) is 0 Å². The van der Waals surface area contributed by atoms with E-state index in [-0.39, 0.29) is 18.6 Å². The summed E-state index contributed by atoms with van der Waals surface area (Å²) in [6, 6.07) is 22.3. The second-order valence-electron chi connectivity index (χ2n) is 6.60. The molecule has 4 nitrogen and oxygen atoms in total. The zero-order valence-electron chi connectivity index (χ0n) is 16.5. The van der Waals surface area contributed by atoms with Crippen molar-refractivity contribution in [2.75, 3.05) is 6.61 Å². The number of nitrogens with one attached hydrogen (secondary N) is 1. The molecule has 0 aromatic heterocycles. The van der Waals surface area contributed by atoms with Crippen LogP contribution in [0.15, 0.2) is 72.8 Å². The van der Waals surface area contributed by atoms with Crippen LogP contribution in [0.3, 0.4) is 0 Å². The topological polar surface area (TPSA) is 47.6 Å². The van der Waals surface area contributed by atoms with Crippen molar-refractivity contribution in [3.8, 4) is 11.5 Å². The van der Waals surface area contributed by atoms with Gasteiger partial charge < -0.3 is 14.8 Å². The molecule has 3 aromatic rings. The van der Waals surface area contributed by atoms with Gasteiger partial charge in [0.2, 0.25) is 0 Å². The molecule has 0 heterocycles. The van der Waals surface area contributed by atoms with E-state index in [4.69, 9.17) is 21.1 Å². The number of ether oxygens (including phenoxy) is 2. The van der Waals surface area contributed by atoms with E-state index in [1.807, 2.05) is 56.3 Å². The van der Waals surface area contributed by atoms with Gasteiger partial charge >= 0.3 is 0 Å². The lowest BCUT2D eigenvalue weighted by atomic mass is 10.1. The van der Waals surface area contributed by atoms with Gasteiger partial charge in [0.05, 0.1) is 12.6 Å². The minimum absolute atomic E-state index is 0.0935. The molecule has 0 aliphatic heterocycles. The monoisotopic (exact) mass is 409 g/mol. The first-order valence-corrected chi connectivity index (χ1v) is 9.94. The molecule has 0 aliphatic rings. The summed E-state index contributed by atoms with van der Waals surface area (Å²) in [4.78, 5) is 12.8. The fourth-order valence-electron chi connectivity index (χ4n) is 2.93. The van der Waals surface area contributed by atoms with Crippen molar-refractivity contribution in [1.82, 2.24) is 5.32 Å². The van der Waals surface area contributed by atoms with Crippen LogP contribution in [0.1, 0.15) is 41.4 Å². The Kier molecular flexibility index (Phi) is 7.14. The first-order chi connectivity index (χ1) is 14.1. The molecule has 29 heavy (non-hydrogen) atoms. The highest BCUT2D eigenvalue weighted by molar-refractivity contribution is 6.30. The van der Waals surface area contributed by atoms with Gasteiger partial charge in [-0.15, -0.1) is 0 Å². The second-order valence-corrected chi connectivity index (χ2v) is 7.04. The Morgan fingerprint density at radius 2 is 1.72 bits per heavy atom. The van der Waals surface area contributed by atoms with E-state index in [0.29, 0.717) is 28.7 Å². The molecule has 5 heteroatoms. The zero-order valence-corrected chi connectivity index (χ0v) is 17.3. The molecular formula is C24H24ClNO3. The number of hydrogen-bond acceptors (Lipinski definition) is 3. The highest BCUT2D eigenvalue weighted by Gasteiger charge is 2.14. The third-order valence-corrected chi connectivity index (χ3v) is 4.73. The van der Waals surface area contributed by atoms with Gasteiger partial charge in [-0.3, -0.25) is 4.79 Å². The third kappa shape index (κ3) is 5.75. The van der Waals surface area contributed by atoms with Gasteiger partial charge in [0.1, 0.15) is 18.1 Å². The minimum atomic E-state index is -0.142. The van der Waals surface area contributed by atoms with E-state index in [1.165, 1.54) is 0 Å². The largest absolute Gasteiger partial charge is 0.493 e. The van der Waals surface area contributed by atoms with Gasteiger partial charge in [-0.05, 0) is 61.9 Å². The normalized spacial score (nSPS) is 11.6. The molecule has 0 unspecified atom stereocenters. The molecular weight excluding hydrogens is 386 g/mol. The van der Waals surface area contributed by atoms with E-state index in [9.17, 15) is 4.79 Å². The van der Waals surface area contributed by atoms with Crippen molar-refractivity contribution >= 4 is 17.5 Å². The van der Waals surface area contributed by atoms with Crippen LogP contribution in [0.5, 0.6) is 11.5 Å². The highest BCUT2D eigenvalue weighted by Crippen LogP contribution is 2.24. The van der Waals surface area contributed by atoms with Crippen molar-refractivity contribution in [1.29, 1.82) is 0 Å². The quantitative estimate of drug-likeness (QED) is 0.510. The Hall–Kier alpha value is -2.98. The molecule has 150 valence electrons. The maximum Gasteiger partial charge on any atom is 0.251 e. The van der Waals surface area contributed by atoms with E-state index >= 15 is 0 Å². The molecule has 0 fully saturated rings. The maximum absolute atomic E-state index is 12.8. The fraction of sp³-hybridized carbons (Fsp3) is 0.208. The number of amides is 1. The van der Waals surface area contributed by atoms with Crippen molar-refractivity contribution in [2.45, 2.75) is 26.5 Å². The summed E-state index contributed by atoms with van der Waals surface area (Å²) in [5, 5.41) is 3.69. The number of carbonyl (C=O) groups is 1. The predicted molar refractivity (Wildman–Crippen MR) is 116 cm³/mol. The lowest BCUT2D eigenvalue weighted by Gasteiger charge is -2.16. The van der Waals surface area contributed by atoms with Gasteiger partial charge in [0.15, 0.2) is 0 Å². The Bertz CT molecular complexity index is 942. The van der Waals surface area contributed by atoms with Gasteiger partial charge in [0.25, 0.3) is 5.91 Å². The van der Waals surface area contributed by atoms with Crippen molar-refractivity contribution < 1.29 is 14.3 Å². The molecule has 0 radical (unpaired) electrons. The van der Waals surface area contributed by atoms with Crippen LogP contribution >= 0.6 is 11.6 Å². The lowest BCUT2D eigenvalue weighted by Crippen LogP contribution is -2.26. The molecule has 0 saturated heterocycles. The van der Waals surface area contributed by atoms with Gasteiger partial charge in [-0.2, -0.15) is 0 Å². The maximum atomic E-state index is 12.8. The Morgan fingerprint density at radius 1 is 1.00 bits per heavy atom. The standard InChI is InChI=1S/C24H24ClNO3/c1-3-28-23-14-9-19(24(27)26-17(2)18-7-5-4-6-8-18)15-20(23)16-29-22-12-10-21(25)11-13-22/h4-15,17H,3,16H2,1-2H3,(H,26,27)/t17-/m1/s1. The van der Waals surface area contributed by atoms with E-state index in [2.05, 4.69) is 5.32 Å².